The molecule has 9 aromatic carbocycles. The Morgan fingerprint density at radius 2 is 0.818 bits per heavy atom. The van der Waals surface area contributed by atoms with Crippen LogP contribution < -0.4 is 0 Å². The molecule has 0 nitrogen and oxygen atoms in total. The number of benzene rings is 9. The normalized spacial score (nSPS) is 11.6. The van der Waals surface area contributed by atoms with Crippen LogP contribution in [-0.2, 0) is 0 Å². The standard InChI is InChI=1S/C44H28/c1-3-10-29(11-4-1)35-22-23-37(40(27-35)31-13-5-2-6-14-31)42-28-41(36-19-18-30-12-7-8-15-34(30)26-36)38-24-20-32-16-9-17-33-21-25-39(42)44(38)43(32)33/h1-28H. The van der Waals surface area contributed by atoms with Gasteiger partial charge in [-0.1, -0.05) is 152 Å². The van der Waals surface area contributed by atoms with Crippen molar-refractivity contribution in [1.29, 1.82) is 0 Å². The third-order valence-corrected chi connectivity index (χ3v) is 9.21. The third-order valence-electron chi connectivity index (χ3n) is 9.21. The second-order valence-corrected chi connectivity index (χ2v) is 11.7. The maximum absolute atomic E-state index is 2.44. The van der Waals surface area contributed by atoms with Gasteiger partial charge in [-0.3, -0.25) is 0 Å². The maximum atomic E-state index is 2.44. The van der Waals surface area contributed by atoms with E-state index >= 15 is 0 Å². The Hall–Kier alpha value is -5.72. The lowest BCUT2D eigenvalue weighted by molar-refractivity contribution is 1.57. The van der Waals surface area contributed by atoms with Crippen LogP contribution in [0.4, 0.5) is 0 Å². The van der Waals surface area contributed by atoms with Crippen LogP contribution in [-0.4, -0.2) is 0 Å². The molecule has 0 fully saturated rings. The van der Waals surface area contributed by atoms with Crippen molar-refractivity contribution in [3.05, 3.63) is 170 Å². The van der Waals surface area contributed by atoms with E-state index < -0.39 is 0 Å². The number of rotatable bonds is 4. The summed E-state index contributed by atoms with van der Waals surface area (Å²) < 4.78 is 0. The van der Waals surface area contributed by atoms with Gasteiger partial charge in [0.2, 0.25) is 0 Å². The first-order chi connectivity index (χ1) is 21.8. The van der Waals surface area contributed by atoms with Gasteiger partial charge in [-0.2, -0.15) is 0 Å². The van der Waals surface area contributed by atoms with Crippen molar-refractivity contribution in [3.8, 4) is 44.5 Å². The summed E-state index contributed by atoms with van der Waals surface area (Å²) in [6.45, 7) is 0. The SMILES string of the molecule is c1ccc(-c2ccc(-c3cc(-c4ccc5ccccc5c4)c4ccc5cccc6ccc3c4c56)c(-c3ccccc3)c2)cc1. The van der Waals surface area contributed by atoms with E-state index in [9.17, 15) is 0 Å². The van der Waals surface area contributed by atoms with Crippen molar-refractivity contribution in [2.45, 2.75) is 0 Å². The van der Waals surface area contributed by atoms with Gasteiger partial charge >= 0.3 is 0 Å². The summed E-state index contributed by atoms with van der Waals surface area (Å²) in [6.07, 6.45) is 0. The summed E-state index contributed by atoms with van der Waals surface area (Å²) in [5.41, 5.74) is 9.93. The van der Waals surface area contributed by atoms with Gasteiger partial charge < -0.3 is 0 Å². The zero-order chi connectivity index (χ0) is 29.0. The first-order valence-electron chi connectivity index (χ1n) is 15.3. The van der Waals surface area contributed by atoms with Gasteiger partial charge in [-0.15, -0.1) is 0 Å². The van der Waals surface area contributed by atoms with Crippen molar-refractivity contribution in [2.75, 3.05) is 0 Å². The number of hydrogen-bond donors (Lipinski definition) is 0. The maximum Gasteiger partial charge on any atom is -0.00143 e. The molecule has 0 aliphatic heterocycles. The Morgan fingerprint density at radius 1 is 0.227 bits per heavy atom. The molecule has 0 N–H and O–H groups in total. The van der Waals surface area contributed by atoms with Crippen molar-refractivity contribution >= 4 is 43.1 Å². The van der Waals surface area contributed by atoms with Crippen LogP contribution in [0.3, 0.4) is 0 Å². The molecule has 0 spiro atoms. The first kappa shape index (κ1) is 24.8. The van der Waals surface area contributed by atoms with Gasteiger partial charge in [-0.25, -0.2) is 0 Å². The van der Waals surface area contributed by atoms with E-state index in [1.54, 1.807) is 0 Å². The van der Waals surface area contributed by atoms with Gasteiger partial charge in [0, 0.05) is 0 Å². The zero-order valence-electron chi connectivity index (χ0n) is 24.2. The Bertz CT molecular complexity index is 2450. The molecule has 0 bridgehead atoms. The third kappa shape index (κ3) is 3.92. The molecule has 0 aliphatic carbocycles. The lowest BCUT2D eigenvalue weighted by Crippen LogP contribution is -1.93. The summed E-state index contributed by atoms with van der Waals surface area (Å²) in [4.78, 5) is 0. The average Bonchev–Trinajstić information content (AvgIpc) is 3.11. The molecule has 0 aliphatic rings. The quantitative estimate of drug-likeness (QED) is 0.189. The van der Waals surface area contributed by atoms with Crippen molar-refractivity contribution in [1.82, 2.24) is 0 Å². The number of hydrogen-bond acceptors (Lipinski definition) is 0. The van der Waals surface area contributed by atoms with Gasteiger partial charge in [0.15, 0.2) is 0 Å². The lowest BCUT2D eigenvalue weighted by Gasteiger charge is -2.20. The Labute approximate surface area is 256 Å². The van der Waals surface area contributed by atoms with Gasteiger partial charge in [0.1, 0.15) is 0 Å². The lowest BCUT2D eigenvalue weighted by atomic mass is 9.83. The molecule has 0 saturated carbocycles. The molecule has 44 heavy (non-hydrogen) atoms. The molecule has 9 aromatic rings. The van der Waals surface area contributed by atoms with Crippen LogP contribution in [0, 0.1) is 0 Å². The van der Waals surface area contributed by atoms with Crippen LogP contribution in [0.1, 0.15) is 0 Å². The molecule has 0 saturated heterocycles. The Kier molecular flexibility index (Phi) is 5.61. The molecule has 0 heterocycles. The summed E-state index contributed by atoms with van der Waals surface area (Å²) >= 11 is 0. The van der Waals surface area contributed by atoms with Crippen molar-refractivity contribution in [2.24, 2.45) is 0 Å². The molecule has 0 radical (unpaired) electrons. The fourth-order valence-corrected chi connectivity index (χ4v) is 7.10. The zero-order valence-corrected chi connectivity index (χ0v) is 24.2. The van der Waals surface area contributed by atoms with E-state index in [1.807, 2.05) is 0 Å². The van der Waals surface area contributed by atoms with Crippen molar-refractivity contribution < 1.29 is 0 Å². The van der Waals surface area contributed by atoms with E-state index in [0.29, 0.717) is 0 Å². The van der Waals surface area contributed by atoms with Gasteiger partial charge in [0.05, 0.1) is 0 Å². The van der Waals surface area contributed by atoms with Gasteiger partial charge in [-0.05, 0) is 106 Å². The highest BCUT2D eigenvalue weighted by molar-refractivity contribution is 6.28. The number of fused-ring (bicyclic) bond motifs is 1. The fourth-order valence-electron chi connectivity index (χ4n) is 7.10. The van der Waals surface area contributed by atoms with E-state index in [0.717, 1.165) is 0 Å². The van der Waals surface area contributed by atoms with Crippen LogP contribution in [0.25, 0.3) is 87.6 Å². The average molecular weight is 557 g/mol. The van der Waals surface area contributed by atoms with E-state index in [2.05, 4.69) is 170 Å². The van der Waals surface area contributed by atoms with E-state index in [4.69, 9.17) is 0 Å². The molecule has 204 valence electrons. The fraction of sp³-hybridized carbons (Fsp3) is 0. The second kappa shape index (κ2) is 9.93. The minimum atomic E-state index is 1.22. The monoisotopic (exact) mass is 556 g/mol. The molecular formula is C44H28. The molecule has 0 heteroatoms. The molecule has 9 rings (SSSR count). The Morgan fingerprint density at radius 3 is 1.57 bits per heavy atom. The molecule has 0 atom stereocenters. The van der Waals surface area contributed by atoms with Crippen LogP contribution in [0.15, 0.2) is 170 Å². The highest BCUT2D eigenvalue weighted by atomic mass is 14.2. The summed E-state index contributed by atoms with van der Waals surface area (Å²) in [6, 6.07) is 62.4. The molecular weight excluding hydrogens is 528 g/mol. The largest absolute Gasteiger partial charge is 0.0622 e. The molecule has 0 aromatic heterocycles. The van der Waals surface area contributed by atoms with Crippen LogP contribution in [0.2, 0.25) is 0 Å². The minimum Gasteiger partial charge on any atom is -0.0622 e. The summed E-state index contributed by atoms with van der Waals surface area (Å²) in [7, 11) is 0. The first-order valence-corrected chi connectivity index (χ1v) is 15.3. The molecule has 0 amide bonds. The second-order valence-electron chi connectivity index (χ2n) is 11.7. The molecule has 0 unspecified atom stereocenters. The predicted octanol–water partition coefficient (Wildman–Crippen LogP) is 12.4. The van der Waals surface area contributed by atoms with Gasteiger partial charge in [0.25, 0.3) is 0 Å². The van der Waals surface area contributed by atoms with Crippen LogP contribution in [0.5, 0.6) is 0 Å². The minimum absolute atomic E-state index is 1.22. The van der Waals surface area contributed by atoms with Crippen LogP contribution >= 0.6 is 0 Å². The highest BCUT2D eigenvalue weighted by Gasteiger charge is 2.19. The predicted molar refractivity (Wildman–Crippen MR) is 189 cm³/mol. The van der Waals surface area contributed by atoms with E-state index in [1.165, 1.54) is 87.6 Å². The summed E-state index contributed by atoms with van der Waals surface area (Å²) in [5.74, 6) is 0. The Balaban J connectivity index is 1.40. The van der Waals surface area contributed by atoms with E-state index in [-0.39, 0.29) is 0 Å². The highest BCUT2D eigenvalue weighted by Crippen LogP contribution is 2.46. The smallest absolute Gasteiger partial charge is 0.00143 e. The van der Waals surface area contributed by atoms with Crippen molar-refractivity contribution in [3.63, 3.8) is 0 Å². The summed E-state index contributed by atoms with van der Waals surface area (Å²) in [5, 5.41) is 10.4. The topological polar surface area (TPSA) is 0 Å².